The van der Waals surface area contributed by atoms with Crippen LogP contribution in [-0.2, 0) is 0 Å². The van der Waals surface area contributed by atoms with Gasteiger partial charge in [-0.15, -0.1) is 0 Å². The quantitative estimate of drug-likeness (QED) is 0.740. The monoisotopic (exact) mass is 189 g/mol. The molecule has 1 heterocycles. The predicted molar refractivity (Wildman–Crippen MR) is 55.5 cm³/mol. The molecule has 74 valence electrons. The van der Waals surface area contributed by atoms with Crippen LogP contribution in [0.15, 0.2) is 30.2 Å². The topological polar surface area (TPSA) is 51.8 Å². The Morgan fingerprint density at radius 1 is 1.50 bits per heavy atom. The van der Waals surface area contributed by atoms with Gasteiger partial charge in [0.15, 0.2) is 0 Å². The predicted octanol–water partition coefficient (Wildman–Crippen LogP) is 1.98. The summed E-state index contributed by atoms with van der Waals surface area (Å²) in [4.78, 5) is 8.04. The Kier molecular flexibility index (Phi) is 2.89. The lowest BCUT2D eigenvalue weighted by Crippen LogP contribution is -2.12. The van der Waals surface area contributed by atoms with Gasteiger partial charge in [-0.3, -0.25) is 0 Å². The fourth-order valence-electron chi connectivity index (χ4n) is 1.83. The summed E-state index contributed by atoms with van der Waals surface area (Å²) < 4.78 is 0. The number of nitrogens with two attached hydrogens (primary N) is 1. The Bertz CT molecular complexity index is 319. The van der Waals surface area contributed by atoms with Crippen LogP contribution in [0.2, 0.25) is 0 Å². The Hall–Kier alpha value is -1.22. The molecule has 0 saturated heterocycles. The van der Waals surface area contributed by atoms with E-state index in [4.69, 9.17) is 5.73 Å². The zero-order valence-electron chi connectivity index (χ0n) is 8.19. The van der Waals surface area contributed by atoms with Gasteiger partial charge >= 0.3 is 0 Å². The van der Waals surface area contributed by atoms with Crippen LogP contribution in [0.3, 0.4) is 0 Å². The molecule has 2 rings (SSSR count). The molecule has 0 radical (unpaired) electrons. The van der Waals surface area contributed by atoms with E-state index in [1.54, 1.807) is 12.5 Å². The van der Waals surface area contributed by atoms with Gasteiger partial charge in [-0.2, -0.15) is 0 Å². The van der Waals surface area contributed by atoms with Crippen molar-refractivity contribution < 1.29 is 0 Å². The molecule has 0 amide bonds. The molecule has 14 heavy (non-hydrogen) atoms. The Balaban J connectivity index is 1.99. The van der Waals surface area contributed by atoms with Crippen LogP contribution >= 0.6 is 0 Å². The largest absolute Gasteiger partial charge is 0.322 e. The molecular formula is C11H15N3. The van der Waals surface area contributed by atoms with Crippen LogP contribution < -0.4 is 5.73 Å². The van der Waals surface area contributed by atoms with Crippen LogP contribution in [0.1, 0.15) is 37.4 Å². The van der Waals surface area contributed by atoms with Crippen molar-refractivity contribution in [3.05, 3.63) is 35.9 Å². The van der Waals surface area contributed by atoms with Crippen LogP contribution in [0.4, 0.5) is 0 Å². The van der Waals surface area contributed by atoms with E-state index in [1.807, 2.05) is 6.07 Å². The second-order valence-corrected chi connectivity index (χ2v) is 3.70. The highest BCUT2D eigenvalue weighted by Crippen LogP contribution is 2.25. The van der Waals surface area contributed by atoms with Crippen LogP contribution in [0.25, 0.3) is 0 Å². The summed E-state index contributed by atoms with van der Waals surface area (Å²) in [5, 5.41) is 0. The van der Waals surface area contributed by atoms with Gasteiger partial charge in [-0.05, 0) is 31.7 Å². The van der Waals surface area contributed by atoms with Crippen LogP contribution in [-0.4, -0.2) is 9.97 Å². The lowest BCUT2D eigenvalue weighted by molar-refractivity contribution is 0.673. The van der Waals surface area contributed by atoms with E-state index in [2.05, 4.69) is 16.0 Å². The van der Waals surface area contributed by atoms with E-state index in [9.17, 15) is 0 Å². The maximum atomic E-state index is 6.04. The second kappa shape index (κ2) is 4.33. The molecular weight excluding hydrogens is 174 g/mol. The van der Waals surface area contributed by atoms with Crippen molar-refractivity contribution in [3.8, 4) is 0 Å². The van der Waals surface area contributed by atoms with Gasteiger partial charge in [-0.25, -0.2) is 9.97 Å². The first kappa shape index (κ1) is 9.34. The number of rotatable bonds is 3. The van der Waals surface area contributed by atoms with Gasteiger partial charge in [0.1, 0.15) is 6.33 Å². The first-order valence-corrected chi connectivity index (χ1v) is 5.05. The van der Waals surface area contributed by atoms with Crippen molar-refractivity contribution >= 4 is 0 Å². The summed E-state index contributed by atoms with van der Waals surface area (Å²) in [6, 6.07) is 1.92. The molecule has 0 aromatic carbocycles. The highest BCUT2D eigenvalue weighted by molar-refractivity contribution is 5.14. The number of aromatic nitrogens is 2. The normalized spacial score (nSPS) is 17.9. The minimum Gasteiger partial charge on any atom is -0.322 e. The average molecular weight is 189 g/mol. The van der Waals surface area contributed by atoms with E-state index in [0.717, 1.165) is 12.1 Å². The number of hydrogen-bond donors (Lipinski definition) is 1. The molecule has 0 fully saturated rings. The first-order valence-electron chi connectivity index (χ1n) is 5.05. The second-order valence-electron chi connectivity index (χ2n) is 3.70. The Morgan fingerprint density at radius 2 is 2.43 bits per heavy atom. The Morgan fingerprint density at radius 3 is 3.07 bits per heavy atom. The molecule has 3 heteroatoms. The number of nitrogens with zero attached hydrogens (tertiary/aromatic N) is 2. The summed E-state index contributed by atoms with van der Waals surface area (Å²) in [6.45, 7) is 0. The summed E-state index contributed by atoms with van der Waals surface area (Å²) >= 11 is 0. The van der Waals surface area contributed by atoms with Crippen LogP contribution in [0.5, 0.6) is 0 Å². The number of allylic oxidation sites excluding steroid dienone is 1. The molecule has 1 aromatic heterocycles. The maximum absolute atomic E-state index is 6.04. The molecule has 1 atom stereocenters. The molecule has 0 bridgehead atoms. The summed E-state index contributed by atoms with van der Waals surface area (Å²) in [5.41, 5.74) is 8.46. The molecule has 0 saturated carbocycles. The fraction of sp³-hybridized carbons (Fsp3) is 0.455. The van der Waals surface area contributed by atoms with Crippen molar-refractivity contribution in [3.63, 3.8) is 0 Å². The van der Waals surface area contributed by atoms with E-state index in [0.29, 0.717) is 0 Å². The minimum atomic E-state index is 0.0300. The van der Waals surface area contributed by atoms with Gasteiger partial charge in [0.2, 0.25) is 0 Å². The van der Waals surface area contributed by atoms with Crippen molar-refractivity contribution in [2.24, 2.45) is 5.73 Å². The Labute approximate surface area is 84.1 Å². The zero-order chi connectivity index (χ0) is 9.80. The summed E-state index contributed by atoms with van der Waals surface area (Å²) in [7, 11) is 0. The lowest BCUT2D eigenvalue weighted by atomic mass is 10.0. The fourth-order valence-corrected chi connectivity index (χ4v) is 1.83. The van der Waals surface area contributed by atoms with Gasteiger partial charge in [0, 0.05) is 6.20 Å². The zero-order valence-corrected chi connectivity index (χ0v) is 8.19. The highest BCUT2D eigenvalue weighted by atomic mass is 14.8. The van der Waals surface area contributed by atoms with Gasteiger partial charge in [0.05, 0.1) is 11.7 Å². The third-order valence-electron chi connectivity index (χ3n) is 2.60. The summed E-state index contributed by atoms with van der Waals surface area (Å²) in [6.07, 6.45) is 10.2. The third-order valence-corrected chi connectivity index (χ3v) is 2.60. The van der Waals surface area contributed by atoms with Gasteiger partial charge in [-0.1, -0.05) is 11.6 Å². The molecule has 1 aromatic rings. The van der Waals surface area contributed by atoms with Gasteiger partial charge in [0.25, 0.3) is 0 Å². The van der Waals surface area contributed by atoms with Gasteiger partial charge < -0.3 is 5.73 Å². The molecule has 1 aliphatic rings. The maximum Gasteiger partial charge on any atom is 0.115 e. The van der Waals surface area contributed by atoms with E-state index in [-0.39, 0.29) is 6.04 Å². The smallest absolute Gasteiger partial charge is 0.115 e. The average Bonchev–Trinajstić information content (AvgIpc) is 2.72. The molecule has 1 aliphatic carbocycles. The summed E-state index contributed by atoms with van der Waals surface area (Å²) in [5.74, 6) is 0. The minimum absolute atomic E-state index is 0.0300. The van der Waals surface area contributed by atoms with E-state index < -0.39 is 0 Å². The van der Waals surface area contributed by atoms with Crippen molar-refractivity contribution in [2.45, 2.75) is 31.7 Å². The van der Waals surface area contributed by atoms with Crippen molar-refractivity contribution in [1.82, 2.24) is 9.97 Å². The van der Waals surface area contributed by atoms with Crippen LogP contribution in [0, 0.1) is 0 Å². The standard InChI is InChI=1S/C11H15N3/c12-10(7-9-3-1-2-4-9)11-5-6-13-8-14-11/h3,5-6,8,10H,1-2,4,7,12H2. The first-order chi connectivity index (χ1) is 6.86. The molecule has 2 N–H and O–H groups in total. The number of hydrogen-bond acceptors (Lipinski definition) is 3. The molecule has 3 nitrogen and oxygen atoms in total. The van der Waals surface area contributed by atoms with E-state index in [1.165, 1.54) is 24.8 Å². The van der Waals surface area contributed by atoms with Crippen molar-refractivity contribution in [1.29, 1.82) is 0 Å². The molecule has 0 aliphatic heterocycles. The highest BCUT2D eigenvalue weighted by Gasteiger charge is 2.12. The SMILES string of the molecule is NC(CC1=CCCC1)c1ccncn1. The van der Waals surface area contributed by atoms with Crippen molar-refractivity contribution in [2.75, 3.05) is 0 Å². The molecule has 0 spiro atoms. The van der Waals surface area contributed by atoms with E-state index >= 15 is 0 Å². The molecule has 1 unspecified atom stereocenters. The lowest BCUT2D eigenvalue weighted by Gasteiger charge is -2.10. The third kappa shape index (κ3) is 2.17.